The summed E-state index contributed by atoms with van der Waals surface area (Å²) in [5.41, 5.74) is 11.2. The van der Waals surface area contributed by atoms with Gasteiger partial charge in [-0.25, -0.2) is 4.39 Å². The number of nitrogens with one attached hydrogen (secondary N) is 1. The minimum atomic E-state index is -0.545. The Morgan fingerprint density at radius 2 is 1.86 bits per heavy atom. The normalized spacial score (nSPS) is 17.6. The van der Waals surface area contributed by atoms with Crippen LogP contribution in [0.1, 0.15) is 52.7 Å². The van der Waals surface area contributed by atoms with Gasteiger partial charge in [-0.3, -0.25) is 14.2 Å². The molecule has 0 saturated heterocycles. The molecule has 2 aromatic heterocycles. The molecule has 1 amide bonds. The van der Waals surface area contributed by atoms with E-state index in [0.29, 0.717) is 28.7 Å². The largest absolute Gasteiger partial charge is 0.383 e. The molecule has 2 atom stereocenters. The number of rotatable bonds is 5. The number of carbonyl (C=O) groups is 1. The van der Waals surface area contributed by atoms with E-state index in [1.807, 2.05) is 19.4 Å². The SMILES string of the molecule is Cn1cc(-c2ccc([C@H]3CC[C@H](c4nn(C)c(N)c4C(=O)Nc4ccc(F)c(Cl)c4)C3)cc2)cn1. The van der Waals surface area contributed by atoms with Crippen molar-refractivity contribution in [1.82, 2.24) is 19.6 Å². The summed E-state index contributed by atoms with van der Waals surface area (Å²) in [7, 11) is 3.64. The minimum absolute atomic E-state index is 0.0598. The van der Waals surface area contributed by atoms with Crippen LogP contribution in [0.5, 0.6) is 0 Å². The van der Waals surface area contributed by atoms with Crippen molar-refractivity contribution in [2.24, 2.45) is 14.1 Å². The van der Waals surface area contributed by atoms with E-state index in [1.165, 1.54) is 28.4 Å². The number of aryl methyl sites for hydroxylation is 2. The minimum Gasteiger partial charge on any atom is -0.383 e. The van der Waals surface area contributed by atoms with Gasteiger partial charge in [-0.15, -0.1) is 0 Å². The second-order valence-electron chi connectivity index (χ2n) is 9.08. The van der Waals surface area contributed by atoms with Crippen LogP contribution in [0, 0.1) is 5.82 Å². The van der Waals surface area contributed by atoms with Crippen LogP contribution in [-0.2, 0) is 14.1 Å². The fourth-order valence-electron chi connectivity index (χ4n) is 4.90. The summed E-state index contributed by atoms with van der Waals surface area (Å²) in [6, 6.07) is 12.7. The molecule has 35 heavy (non-hydrogen) atoms. The van der Waals surface area contributed by atoms with E-state index in [0.717, 1.165) is 30.4 Å². The van der Waals surface area contributed by atoms with Crippen molar-refractivity contribution in [1.29, 1.82) is 0 Å². The average Bonchev–Trinajstić information content (AvgIpc) is 3.56. The fraction of sp³-hybridized carbons (Fsp3) is 0.269. The molecule has 1 saturated carbocycles. The van der Waals surface area contributed by atoms with Crippen LogP contribution in [-0.4, -0.2) is 25.5 Å². The van der Waals surface area contributed by atoms with Crippen molar-refractivity contribution in [2.75, 3.05) is 11.1 Å². The molecule has 0 spiro atoms. The Kier molecular flexibility index (Phi) is 6.06. The van der Waals surface area contributed by atoms with E-state index in [4.69, 9.17) is 17.3 Å². The van der Waals surface area contributed by atoms with E-state index in [1.54, 1.807) is 11.7 Å². The molecule has 2 aromatic carbocycles. The number of nitrogens with zero attached hydrogens (tertiary/aromatic N) is 4. The molecule has 7 nitrogen and oxygen atoms in total. The Balaban J connectivity index is 1.34. The summed E-state index contributed by atoms with van der Waals surface area (Å²) < 4.78 is 16.8. The molecule has 1 fully saturated rings. The van der Waals surface area contributed by atoms with Crippen molar-refractivity contribution in [3.8, 4) is 11.1 Å². The molecule has 5 rings (SSSR count). The highest BCUT2D eigenvalue weighted by atomic mass is 35.5. The summed E-state index contributed by atoms with van der Waals surface area (Å²) in [6.07, 6.45) is 6.65. The first-order chi connectivity index (χ1) is 16.8. The van der Waals surface area contributed by atoms with Crippen LogP contribution in [0.2, 0.25) is 5.02 Å². The zero-order valence-corrected chi connectivity index (χ0v) is 20.3. The van der Waals surface area contributed by atoms with E-state index < -0.39 is 5.82 Å². The zero-order valence-electron chi connectivity index (χ0n) is 19.5. The lowest BCUT2D eigenvalue weighted by molar-refractivity contribution is 0.102. The van der Waals surface area contributed by atoms with Crippen LogP contribution in [0.3, 0.4) is 0 Å². The van der Waals surface area contributed by atoms with Gasteiger partial charge in [0.15, 0.2) is 0 Å². The third-order valence-electron chi connectivity index (χ3n) is 6.76. The van der Waals surface area contributed by atoms with E-state index in [9.17, 15) is 9.18 Å². The third-order valence-corrected chi connectivity index (χ3v) is 7.05. The Morgan fingerprint density at radius 3 is 2.54 bits per heavy atom. The molecule has 1 aliphatic rings. The van der Waals surface area contributed by atoms with E-state index in [2.05, 4.69) is 39.8 Å². The number of anilines is 2. The summed E-state index contributed by atoms with van der Waals surface area (Å²) in [6.45, 7) is 0. The summed E-state index contributed by atoms with van der Waals surface area (Å²) in [5, 5.41) is 11.6. The number of aromatic nitrogens is 4. The van der Waals surface area contributed by atoms with Gasteiger partial charge in [0, 0.05) is 37.5 Å². The van der Waals surface area contributed by atoms with Crippen molar-refractivity contribution in [2.45, 2.75) is 31.1 Å². The van der Waals surface area contributed by atoms with Gasteiger partial charge in [0.2, 0.25) is 0 Å². The summed E-state index contributed by atoms with van der Waals surface area (Å²) in [5.74, 6) is -0.138. The van der Waals surface area contributed by atoms with Crippen LogP contribution in [0.4, 0.5) is 15.9 Å². The van der Waals surface area contributed by atoms with Gasteiger partial charge in [-0.2, -0.15) is 10.2 Å². The standard InChI is InChI=1S/C26H26ClFN6O/c1-33-14-19(13-30-33)16-5-3-15(4-6-16)17-7-8-18(11-17)24-23(25(29)34(2)32-24)26(35)31-20-9-10-22(28)21(27)12-20/h3-6,9-10,12-14,17-18H,7-8,11,29H2,1-2H3,(H,31,35)/t17-,18-/m0/s1. The van der Waals surface area contributed by atoms with E-state index in [-0.39, 0.29) is 16.8 Å². The monoisotopic (exact) mass is 492 g/mol. The van der Waals surface area contributed by atoms with Crippen molar-refractivity contribution in [3.63, 3.8) is 0 Å². The van der Waals surface area contributed by atoms with Crippen molar-refractivity contribution >= 4 is 29.0 Å². The number of carbonyl (C=O) groups excluding carboxylic acids is 1. The van der Waals surface area contributed by atoms with Gasteiger partial charge in [-0.05, 0) is 54.5 Å². The van der Waals surface area contributed by atoms with Gasteiger partial charge in [0.1, 0.15) is 17.2 Å². The Labute approximate surface area is 207 Å². The van der Waals surface area contributed by atoms with Crippen molar-refractivity contribution < 1.29 is 9.18 Å². The average molecular weight is 493 g/mol. The fourth-order valence-corrected chi connectivity index (χ4v) is 5.08. The molecule has 9 heteroatoms. The maximum atomic E-state index is 13.5. The smallest absolute Gasteiger partial charge is 0.261 e. The topological polar surface area (TPSA) is 90.8 Å². The van der Waals surface area contributed by atoms with Crippen LogP contribution < -0.4 is 11.1 Å². The maximum absolute atomic E-state index is 13.5. The number of hydrogen-bond donors (Lipinski definition) is 2. The second kappa shape index (κ2) is 9.19. The number of nitrogens with two attached hydrogens (primary N) is 1. The highest BCUT2D eigenvalue weighted by Crippen LogP contribution is 2.45. The van der Waals surface area contributed by atoms with Crippen LogP contribution in [0.15, 0.2) is 54.9 Å². The van der Waals surface area contributed by atoms with E-state index >= 15 is 0 Å². The van der Waals surface area contributed by atoms with Gasteiger partial charge < -0.3 is 11.1 Å². The number of amides is 1. The van der Waals surface area contributed by atoms with Crippen molar-refractivity contribution in [3.05, 3.63) is 82.5 Å². The first-order valence-electron chi connectivity index (χ1n) is 11.5. The van der Waals surface area contributed by atoms with Gasteiger partial charge >= 0.3 is 0 Å². The van der Waals surface area contributed by atoms with Gasteiger partial charge in [0.25, 0.3) is 5.91 Å². The first-order valence-corrected chi connectivity index (χ1v) is 11.9. The summed E-state index contributed by atoms with van der Waals surface area (Å²) >= 11 is 5.86. The lowest BCUT2D eigenvalue weighted by Crippen LogP contribution is -2.16. The third kappa shape index (κ3) is 4.53. The highest BCUT2D eigenvalue weighted by molar-refractivity contribution is 6.31. The molecule has 0 radical (unpaired) electrons. The number of hydrogen-bond acceptors (Lipinski definition) is 4. The maximum Gasteiger partial charge on any atom is 0.261 e. The molecular weight excluding hydrogens is 467 g/mol. The lowest BCUT2D eigenvalue weighted by atomic mass is 9.93. The second-order valence-corrected chi connectivity index (χ2v) is 9.49. The number of benzene rings is 2. The Morgan fingerprint density at radius 1 is 1.11 bits per heavy atom. The zero-order chi connectivity index (χ0) is 24.7. The molecule has 180 valence electrons. The lowest BCUT2D eigenvalue weighted by Gasteiger charge is -2.13. The number of halogens is 2. The number of nitrogen functional groups attached to an aromatic ring is 1. The highest BCUT2D eigenvalue weighted by Gasteiger charge is 2.33. The first kappa shape index (κ1) is 23.1. The predicted molar refractivity (Wildman–Crippen MR) is 135 cm³/mol. The van der Waals surface area contributed by atoms with Crippen LogP contribution in [0.25, 0.3) is 11.1 Å². The van der Waals surface area contributed by atoms with Gasteiger partial charge in [0.05, 0.1) is 16.9 Å². The molecule has 0 aliphatic heterocycles. The molecule has 4 aromatic rings. The van der Waals surface area contributed by atoms with Crippen LogP contribution >= 0.6 is 11.6 Å². The predicted octanol–water partition coefficient (Wildman–Crippen LogP) is 5.50. The Hall–Kier alpha value is -3.65. The molecule has 1 aliphatic carbocycles. The molecule has 0 unspecified atom stereocenters. The molecule has 2 heterocycles. The van der Waals surface area contributed by atoms with Gasteiger partial charge in [-0.1, -0.05) is 35.9 Å². The molecular formula is C26H26ClFN6O. The summed E-state index contributed by atoms with van der Waals surface area (Å²) in [4.78, 5) is 13.2. The molecule has 3 N–H and O–H groups in total. The Bertz CT molecular complexity index is 1390. The molecule has 0 bridgehead atoms. The quantitative estimate of drug-likeness (QED) is 0.385.